The van der Waals surface area contributed by atoms with Gasteiger partial charge in [-0.05, 0) is 61.6 Å². The van der Waals surface area contributed by atoms with Gasteiger partial charge in [0.2, 0.25) is 16.0 Å². The predicted molar refractivity (Wildman–Crippen MR) is 140 cm³/mol. The third kappa shape index (κ3) is 5.62. The number of nitrogens with zero attached hydrogens (tertiary/aromatic N) is 4. The second kappa shape index (κ2) is 10.1. The average Bonchev–Trinajstić information content (AvgIpc) is 3.64. The third-order valence-corrected chi connectivity index (χ3v) is 8.91. The second-order valence-corrected chi connectivity index (χ2v) is 11.9. The molecule has 4 bridgehead atoms. The monoisotopic (exact) mass is 525 g/mol. The number of carbonyl (C=O) groups excluding carboxylic acids is 1. The van der Waals surface area contributed by atoms with E-state index in [4.69, 9.17) is 5.11 Å². The molecule has 2 aliphatic heterocycles. The zero-order chi connectivity index (χ0) is 26.0. The highest BCUT2D eigenvalue weighted by Crippen LogP contribution is 2.58. The van der Waals surface area contributed by atoms with Crippen LogP contribution in [0.5, 0.6) is 0 Å². The first-order valence-corrected chi connectivity index (χ1v) is 14.3. The Morgan fingerprint density at radius 1 is 1.22 bits per heavy atom. The van der Waals surface area contributed by atoms with Gasteiger partial charge < -0.3 is 20.6 Å². The Morgan fingerprint density at radius 2 is 2.05 bits per heavy atom. The van der Waals surface area contributed by atoms with Crippen LogP contribution in [0, 0.1) is 22.7 Å². The van der Waals surface area contributed by atoms with Crippen molar-refractivity contribution in [3.05, 3.63) is 35.5 Å². The summed E-state index contributed by atoms with van der Waals surface area (Å²) in [5.74, 6) is 0.163. The average molecular weight is 526 g/mol. The van der Waals surface area contributed by atoms with Gasteiger partial charge in [0.25, 0.3) is 5.91 Å². The molecule has 1 aliphatic carbocycles. The smallest absolute Gasteiger partial charge is 0.258 e. The van der Waals surface area contributed by atoms with Gasteiger partial charge in [-0.2, -0.15) is 10.2 Å². The molecule has 196 valence electrons. The predicted octanol–water partition coefficient (Wildman–Crippen LogP) is 2.54. The number of fused-ring (bicyclic) bond motifs is 7. The lowest BCUT2D eigenvalue weighted by molar-refractivity contribution is 0.102. The van der Waals surface area contributed by atoms with Crippen LogP contribution in [-0.4, -0.2) is 61.4 Å². The number of anilines is 4. The summed E-state index contributed by atoms with van der Waals surface area (Å²) in [6.07, 6.45) is 6.52. The number of aliphatic hydroxyl groups excluding tert-OH is 1. The minimum Gasteiger partial charge on any atom is -0.395 e. The first kappa shape index (κ1) is 25.2. The summed E-state index contributed by atoms with van der Waals surface area (Å²) in [6.45, 7) is 1.76. The molecule has 1 unspecified atom stereocenters. The molecule has 37 heavy (non-hydrogen) atoms. The summed E-state index contributed by atoms with van der Waals surface area (Å²) in [7, 11) is -3.72. The summed E-state index contributed by atoms with van der Waals surface area (Å²) in [5.41, 5.74) is 1.88. The van der Waals surface area contributed by atoms with Crippen molar-refractivity contribution in [3.63, 3.8) is 0 Å². The molecule has 3 heterocycles. The number of carbonyl (C=O) groups is 1. The van der Waals surface area contributed by atoms with Crippen LogP contribution in [0.4, 0.5) is 23.1 Å². The van der Waals surface area contributed by atoms with E-state index in [0.717, 1.165) is 38.8 Å². The van der Waals surface area contributed by atoms with Crippen LogP contribution >= 0.6 is 0 Å². The molecule has 2 fully saturated rings. The van der Waals surface area contributed by atoms with E-state index in [9.17, 15) is 18.5 Å². The molecule has 1 atom stereocenters. The van der Waals surface area contributed by atoms with Gasteiger partial charge >= 0.3 is 0 Å². The van der Waals surface area contributed by atoms with Crippen LogP contribution in [0.2, 0.25) is 0 Å². The number of hydrogen-bond acceptors (Lipinski definition) is 9. The molecule has 2 aromatic rings. The highest BCUT2D eigenvalue weighted by atomic mass is 32.2. The summed E-state index contributed by atoms with van der Waals surface area (Å²) in [4.78, 5) is 24.2. The molecule has 1 spiro atoms. The maximum atomic E-state index is 13.5. The summed E-state index contributed by atoms with van der Waals surface area (Å²) in [6, 6.07) is 8.26. The molecule has 1 saturated heterocycles. The van der Waals surface area contributed by atoms with Crippen molar-refractivity contribution in [2.45, 2.75) is 38.5 Å². The normalized spacial score (nSPS) is 20.9. The number of nitrogens with one attached hydrogen (secondary N) is 3. The minimum absolute atomic E-state index is 0.140. The molecule has 12 heteroatoms. The Balaban J connectivity index is 1.53. The van der Waals surface area contributed by atoms with E-state index < -0.39 is 28.3 Å². The van der Waals surface area contributed by atoms with E-state index in [1.165, 1.54) is 18.9 Å². The van der Waals surface area contributed by atoms with Gasteiger partial charge in [0.15, 0.2) is 0 Å². The fraction of sp³-hybridized carbons (Fsp3) is 0.520. The van der Waals surface area contributed by atoms with Crippen LogP contribution in [0.3, 0.4) is 0 Å². The van der Waals surface area contributed by atoms with E-state index in [1.54, 1.807) is 18.2 Å². The number of benzene rings is 1. The first-order chi connectivity index (χ1) is 17.8. The Bertz CT molecular complexity index is 1340. The second-order valence-electron chi connectivity index (χ2n) is 10.1. The number of sulfonamides is 1. The fourth-order valence-electron chi connectivity index (χ4n) is 5.49. The molecule has 11 nitrogen and oxygen atoms in total. The number of nitriles is 1. The number of rotatable bonds is 4. The third-order valence-electron chi connectivity index (χ3n) is 7.64. The molecular formula is C25H31N7O4S. The highest BCUT2D eigenvalue weighted by Gasteiger charge is 2.51. The number of amides is 1. The minimum atomic E-state index is -3.72. The lowest BCUT2D eigenvalue weighted by atomic mass is 9.79. The van der Waals surface area contributed by atoms with Gasteiger partial charge in [-0.3, -0.25) is 9.52 Å². The molecule has 3 aliphatic rings. The van der Waals surface area contributed by atoms with Gasteiger partial charge in [0.05, 0.1) is 29.3 Å². The zero-order valence-corrected chi connectivity index (χ0v) is 21.4. The lowest BCUT2D eigenvalue weighted by Crippen LogP contribution is -2.42. The number of piperidine rings is 1. The number of aromatic nitrogens is 2. The molecular weight excluding hydrogens is 494 g/mol. The molecule has 1 aromatic carbocycles. The Hall–Kier alpha value is -3.43. The van der Waals surface area contributed by atoms with E-state index in [1.807, 2.05) is 6.07 Å². The van der Waals surface area contributed by atoms with Crippen LogP contribution in [0.1, 0.15) is 54.6 Å². The van der Waals surface area contributed by atoms with Gasteiger partial charge in [0.1, 0.15) is 17.6 Å². The van der Waals surface area contributed by atoms with Crippen LogP contribution in [-0.2, 0) is 10.0 Å². The van der Waals surface area contributed by atoms with Crippen molar-refractivity contribution in [2.75, 3.05) is 52.2 Å². The van der Waals surface area contributed by atoms with E-state index in [2.05, 4.69) is 30.2 Å². The van der Waals surface area contributed by atoms with Crippen LogP contribution < -0.4 is 20.3 Å². The van der Waals surface area contributed by atoms with Crippen molar-refractivity contribution in [1.29, 1.82) is 5.26 Å². The van der Waals surface area contributed by atoms with Gasteiger partial charge in [-0.25, -0.2) is 13.4 Å². The Kier molecular flexibility index (Phi) is 6.92. The van der Waals surface area contributed by atoms with Gasteiger partial charge in [0, 0.05) is 25.7 Å². The van der Waals surface area contributed by atoms with Gasteiger partial charge in [-0.15, -0.1) is 0 Å². The number of aliphatic hydroxyl groups is 1. The fourth-order valence-corrected chi connectivity index (χ4v) is 6.32. The zero-order valence-electron chi connectivity index (χ0n) is 20.5. The maximum Gasteiger partial charge on any atom is 0.258 e. The van der Waals surface area contributed by atoms with E-state index in [0.29, 0.717) is 40.8 Å². The van der Waals surface area contributed by atoms with Gasteiger partial charge in [-0.1, -0.05) is 6.42 Å². The lowest BCUT2D eigenvalue weighted by Gasteiger charge is -2.41. The summed E-state index contributed by atoms with van der Waals surface area (Å²) >= 11 is 0. The molecule has 5 rings (SSSR count). The molecule has 1 amide bonds. The Morgan fingerprint density at radius 3 is 2.81 bits per heavy atom. The van der Waals surface area contributed by atoms with Crippen LogP contribution in [0.25, 0.3) is 0 Å². The topological polar surface area (TPSA) is 160 Å². The first-order valence-electron chi connectivity index (χ1n) is 12.7. The van der Waals surface area contributed by atoms with Crippen molar-refractivity contribution in [2.24, 2.45) is 11.3 Å². The highest BCUT2D eigenvalue weighted by molar-refractivity contribution is 7.92. The van der Waals surface area contributed by atoms with Crippen molar-refractivity contribution in [1.82, 2.24) is 9.97 Å². The van der Waals surface area contributed by atoms with Crippen molar-refractivity contribution >= 4 is 39.1 Å². The van der Waals surface area contributed by atoms with E-state index in [-0.39, 0.29) is 11.5 Å². The number of hydrogen-bond donors (Lipinski definition) is 4. The maximum absolute atomic E-state index is 13.5. The molecule has 4 N–H and O–H groups in total. The van der Waals surface area contributed by atoms with Crippen molar-refractivity contribution in [3.8, 4) is 6.07 Å². The standard InChI is InChI=1S/C25H31N7O4S/c26-15-19-14-22-29-23(34)20-5-4-18(31-37(35,36)12-11-33)13-21(20)32-10-8-25(6-7-25)17(16-32)3-1-2-9-27-24(28-19)30-22/h4-5,13-14,17,31,33H,1-3,6-12,16H2,(H2,27,28,29,30,34). The molecule has 1 aromatic heterocycles. The molecule has 0 radical (unpaired) electrons. The quantitative estimate of drug-likeness (QED) is 0.470. The Labute approximate surface area is 216 Å². The SMILES string of the molecule is N#Cc1cc2nc(n1)NCCCCC1CN(CCC13CC3)c1cc(NS(=O)(=O)CCO)ccc1C(=O)N2. The van der Waals surface area contributed by atoms with E-state index >= 15 is 0 Å². The molecule has 1 saturated carbocycles. The summed E-state index contributed by atoms with van der Waals surface area (Å²) in [5, 5.41) is 24.5. The largest absolute Gasteiger partial charge is 0.395 e. The van der Waals surface area contributed by atoms with Crippen molar-refractivity contribution < 1.29 is 18.3 Å². The summed E-state index contributed by atoms with van der Waals surface area (Å²) < 4.78 is 27.1. The van der Waals surface area contributed by atoms with Crippen LogP contribution in [0.15, 0.2) is 24.3 Å².